The molecule has 1 aromatic heterocycles. The number of aromatic amines is 1. The molecule has 1 aliphatic rings. The second kappa shape index (κ2) is 11.5. The zero-order valence-corrected chi connectivity index (χ0v) is 22.0. The van der Waals surface area contributed by atoms with Gasteiger partial charge in [-0.25, -0.2) is 14.2 Å². The number of carbonyl (C=O) groups excluding carboxylic acids is 1. The molecule has 5 rings (SSSR count). The van der Waals surface area contributed by atoms with E-state index in [1.165, 1.54) is 48.2 Å². The van der Waals surface area contributed by atoms with E-state index in [0.29, 0.717) is 27.7 Å². The molecule has 3 aromatic carbocycles. The van der Waals surface area contributed by atoms with Crippen molar-refractivity contribution in [3.05, 3.63) is 133 Å². The number of non-ortho nitro benzene ring substituents is 1. The summed E-state index contributed by atoms with van der Waals surface area (Å²) in [4.78, 5) is 44.9. The third kappa shape index (κ3) is 5.50. The number of rotatable bonds is 8. The standard InChI is InChI=1S/C29H23FN4O5S/c1-2-39-28(36)23-22(18-10-12-20(30)13-11-18)24-26(31-25(23)19-6-4-3-5-7-19)32-29(33-27(24)35)40-16-17-8-14-21(15-9-17)34(37)38/h3-15,22H,2,16H2,1H3,(H2,31,32,33,35). The Hall–Kier alpha value is -4.77. The fourth-order valence-electron chi connectivity index (χ4n) is 4.48. The van der Waals surface area contributed by atoms with Gasteiger partial charge in [-0.15, -0.1) is 0 Å². The van der Waals surface area contributed by atoms with Crippen molar-refractivity contribution >= 4 is 34.9 Å². The molecule has 4 aromatic rings. The largest absolute Gasteiger partial charge is 0.463 e. The van der Waals surface area contributed by atoms with Crippen LogP contribution in [0.2, 0.25) is 0 Å². The first kappa shape index (κ1) is 26.8. The topological polar surface area (TPSA) is 127 Å². The molecule has 2 heterocycles. The Bertz CT molecular complexity index is 1660. The van der Waals surface area contributed by atoms with Crippen LogP contribution in [0, 0.1) is 15.9 Å². The van der Waals surface area contributed by atoms with Gasteiger partial charge in [0, 0.05) is 17.9 Å². The minimum atomic E-state index is -0.879. The Morgan fingerprint density at radius 3 is 2.42 bits per heavy atom. The van der Waals surface area contributed by atoms with Crippen LogP contribution in [0.5, 0.6) is 0 Å². The molecule has 0 saturated carbocycles. The van der Waals surface area contributed by atoms with E-state index < -0.39 is 28.2 Å². The highest BCUT2D eigenvalue weighted by Gasteiger charge is 2.38. The van der Waals surface area contributed by atoms with Gasteiger partial charge in [0.2, 0.25) is 0 Å². The van der Waals surface area contributed by atoms with Crippen LogP contribution in [0.25, 0.3) is 5.70 Å². The smallest absolute Gasteiger partial charge is 0.337 e. The molecule has 202 valence electrons. The van der Waals surface area contributed by atoms with Crippen molar-refractivity contribution in [2.75, 3.05) is 11.9 Å². The number of nitrogens with zero attached hydrogens (tertiary/aromatic N) is 2. The van der Waals surface area contributed by atoms with Gasteiger partial charge in [0.25, 0.3) is 11.2 Å². The first-order valence-electron chi connectivity index (χ1n) is 12.3. The van der Waals surface area contributed by atoms with Crippen LogP contribution in [-0.4, -0.2) is 27.5 Å². The molecule has 2 N–H and O–H groups in total. The van der Waals surface area contributed by atoms with E-state index in [9.17, 15) is 24.1 Å². The monoisotopic (exact) mass is 558 g/mol. The number of ether oxygens (including phenoxy) is 1. The molecule has 0 aliphatic carbocycles. The average molecular weight is 559 g/mol. The summed E-state index contributed by atoms with van der Waals surface area (Å²) in [6.45, 7) is 1.82. The lowest BCUT2D eigenvalue weighted by Crippen LogP contribution is -2.31. The zero-order chi connectivity index (χ0) is 28.2. The van der Waals surface area contributed by atoms with Crippen LogP contribution < -0.4 is 10.9 Å². The SMILES string of the molecule is CCOC(=O)C1=C(c2ccccc2)Nc2nc(SCc3ccc([N+](=O)[O-])cc3)[nH]c(=O)c2C1c1ccc(F)cc1. The molecule has 9 nitrogen and oxygen atoms in total. The van der Waals surface area contributed by atoms with Crippen molar-refractivity contribution in [2.24, 2.45) is 0 Å². The Kier molecular flexibility index (Phi) is 7.74. The number of esters is 1. The van der Waals surface area contributed by atoms with Gasteiger partial charge >= 0.3 is 5.97 Å². The lowest BCUT2D eigenvalue weighted by Gasteiger charge is -2.30. The predicted octanol–water partition coefficient (Wildman–Crippen LogP) is 5.64. The first-order valence-corrected chi connectivity index (χ1v) is 13.3. The van der Waals surface area contributed by atoms with Gasteiger partial charge in [0.05, 0.1) is 34.3 Å². The van der Waals surface area contributed by atoms with E-state index in [4.69, 9.17) is 4.74 Å². The highest BCUT2D eigenvalue weighted by Crippen LogP contribution is 2.43. The molecular weight excluding hydrogens is 535 g/mol. The van der Waals surface area contributed by atoms with Gasteiger partial charge in [0.1, 0.15) is 11.6 Å². The Morgan fingerprint density at radius 2 is 1.77 bits per heavy atom. The predicted molar refractivity (Wildman–Crippen MR) is 149 cm³/mol. The van der Waals surface area contributed by atoms with Crippen LogP contribution in [0.4, 0.5) is 15.9 Å². The second-order valence-corrected chi connectivity index (χ2v) is 9.79. The Morgan fingerprint density at radius 1 is 1.07 bits per heavy atom. The van der Waals surface area contributed by atoms with Crippen molar-refractivity contribution in [3.63, 3.8) is 0 Å². The average Bonchev–Trinajstić information content (AvgIpc) is 2.96. The highest BCUT2D eigenvalue weighted by atomic mass is 32.2. The minimum Gasteiger partial charge on any atom is -0.463 e. The van der Waals surface area contributed by atoms with Crippen molar-refractivity contribution in [1.82, 2.24) is 9.97 Å². The summed E-state index contributed by atoms with van der Waals surface area (Å²) in [6, 6.07) is 20.9. The van der Waals surface area contributed by atoms with E-state index in [1.807, 2.05) is 30.3 Å². The molecule has 1 atom stereocenters. The number of hydrogen-bond acceptors (Lipinski definition) is 8. The molecule has 11 heteroatoms. The number of hydrogen-bond donors (Lipinski definition) is 2. The van der Waals surface area contributed by atoms with Crippen LogP contribution in [0.1, 0.15) is 35.1 Å². The summed E-state index contributed by atoms with van der Waals surface area (Å²) >= 11 is 1.25. The number of nitro benzene ring substituents is 1. The van der Waals surface area contributed by atoms with Crippen LogP contribution >= 0.6 is 11.8 Å². The van der Waals surface area contributed by atoms with E-state index in [1.54, 1.807) is 19.1 Å². The van der Waals surface area contributed by atoms with E-state index in [0.717, 1.165) is 5.56 Å². The molecule has 0 saturated heterocycles. The summed E-state index contributed by atoms with van der Waals surface area (Å²) in [5.74, 6) is -1.28. The number of benzene rings is 3. The molecule has 1 unspecified atom stereocenters. The van der Waals surface area contributed by atoms with Gasteiger partial charge in [-0.2, -0.15) is 0 Å². The number of nitro groups is 1. The quantitative estimate of drug-likeness (QED) is 0.0935. The number of thioether (sulfide) groups is 1. The summed E-state index contributed by atoms with van der Waals surface area (Å²) in [7, 11) is 0. The maximum atomic E-state index is 13.9. The molecule has 40 heavy (non-hydrogen) atoms. The molecule has 0 spiro atoms. The fourth-order valence-corrected chi connectivity index (χ4v) is 5.30. The third-order valence-electron chi connectivity index (χ3n) is 6.31. The van der Waals surface area contributed by atoms with Gasteiger partial charge < -0.3 is 15.0 Å². The Balaban J connectivity index is 1.60. The first-order chi connectivity index (χ1) is 19.4. The van der Waals surface area contributed by atoms with Crippen LogP contribution in [0.15, 0.2) is 94.4 Å². The lowest BCUT2D eigenvalue weighted by atomic mass is 9.81. The minimum absolute atomic E-state index is 0.0114. The third-order valence-corrected chi connectivity index (χ3v) is 7.25. The number of aromatic nitrogens is 2. The molecule has 0 fully saturated rings. The van der Waals surface area contributed by atoms with E-state index >= 15 is 0 Å². The summed E-state index contributed by atoms with van der Waals surface area (Å²) in [5, 5.41) is 14.5. The number of carbonyl (C=O) groups is 1. The van der Waals surface area contributed by atoms with Crippen LogP contribution in [-0.2, 0) is 15.3 Å². The highest BCUT2D eigenvalue weighted by molar-refractivity contribution is 7.98. The van der Waals surface area contributed by atoms with Gasteiger partial charge in [0.15, 0.2) is 5.16 Å². The summed E-state index contributed by atoms with van der Waals surface area (Å²) in [6.07, 6.45) is 0. The van der Waals surface area contributed by atoms with E-state index in [-0.39, 0.29) is 29.2 Å². The zero-order valence-electron chi connectivity index (χ0n) is 21.2. The normalized spacial score (nSPS) is 14.3. The number of fused-ring (bicyclic) bond motifs is 1. The van der Waals surface area contributed by atoms with Crippen LogP contribution in [0.3, 0.4) is 0 Å². The number of nitrogens with one attached hydrogen (secondary N) is 2. The maximum absolute atomic E-state index is 13.9. The molecule has 1 aliphatic heterocycles. The molecule has 0 amide bonds. The fraction of sp³-hybridized carbons (Fsp3) is 0.138. The van der Waals surface area contributed by atoms with Gasteiger partial charge in [-0.1, -0.05) is 66.4 Å². The molecule has 0 bridgehead atoms. The van der Waals surface area contributed by atoms with E-state index in [2.05, 4.69) is 15.3 Å². The number of anilines is 1. The number of halogens is 1. The molecule has 0 radical (unpaired) electrons. The number of H-pyrrole nitrogens is 1. The Labute approximate surface area is 232 Å². The van der Waals surface area contributed by atoms with Crippen molar-refractivity contribution < 1.29 is 18.8 Å². The van der Waals surface area contributed by atoms with Gasteiger partial charge in [-0.05, 0) is 35.7 Å². The van der Waals surface area contributed by atoms with Crippen molar-refractivity contribution in [2.45, 2.75) is 23.8 Å². The maximum Gasteiger partial charge on any atom is 0.337 e. The van der Waals surface area contributed by atoms with Gasteiger partial charge in [-0.3, -0.25) is 14.9 Å². The second-order valence-electron chi connectivity index (χ2n) is 8.83. The summed E-state index contributed by atoms with van der Waals surface area (Å²) < 4.78 is 19.3. The summed E-state index contributed by atoms with van der Waals surface area (Å²) in [5.41, 5.74) is 2.40. The molecular formula is C29H23FN4O5S. The van der Waals surface area contributed by atoms with Crippen molar-refractivity contribution in [1.29, 1.82) is 0 Å². The van der Waals surface area contributed by atoms with Crippen molar-refractivity contribution in [3.8, 4) is 0 Å². The lowest BCUT2D eigenvalue weighted by molar-refractivity contribution is -0.384.